The maximum atomic E-state index is 13.5. The zero-order valence-electron chi connectivity index (χ0n) is 17.4. The van der Waals surface area contributed by atoms with Crippen molar-refractivity contribution < 1.29 is 14.3 Å². The van der Waals surface area contributed by atoms with E-state index in [2.05, 4.69) is 4.99 Å². The molecule has 0 radical (unpaired) electrons. The molecule has 1 aromatic heterocycles. The Hall–Kier alpha value is -3.22. The van der Waals surface area contributed by atoms with Crippen LogP contribution in [0.4, 0.5) is 0 Å². The first-order chi connectivity index (χ1) is 15.6. The van der Waals surface area contributed by atoms with Crippen LogP contribution in [0.15, 0.2) is 83.9 Å². The predicted molar refractivity (Wildman–Crippen MR) is 127 cm³/mol. The molecule has 0 aliphatic carbocycles. The van der Waals surface area contributed by atoms with Crippen molar-refractivity contribution in [1.82, 2.24) is 4.57 Å². The number of hydrogen-bond acceptors (Lipinski definition) is 4. The number of rotatable bonds is 6. The molecule has 32 heavy (non-hydrogen) atoms. The molecule has 4 rings (SSSR count). The topological polar surface area (TPSA) is 60.7 Å². The van der Waals surface area contributed by atoms with Crippen molar-refractivity contribution in [2.75, 3.05) is 6.61 Å². The van der Waals surface area contributed by atoms with Crippen molar-refractivity contribution in [3.8, 4) is 0 Å². The Balaban J connectivity index is 1.86. The summed E-state index contributed by atoms with van der Waals surface area (Å²) in [5.74, 6) is -1.29. The minimum Gasteiger partial charge on any atom is -0.465 e. The average molecular weight is 465 g/mol. The molecular weight excluding hydrogens is 444 g/mol. The third-order valence-corrected chi connectivity index (χ3v) is 6.31. The van der Waals surface area contributed by atoms with Gasteiger partial charge in [-0.3, -0.25) is 9.59 Å². The fourth-order valence-corrected chi connectivity index (χ4v) is 4.98. The minimum absolute atomic E-state index is 0.0783. The number of hydrogen-bond donors (Lipinski definition) is 0. The first-order valence-corrected chi connectivity index (χ1v) is 11.4. The standard InChI is InChI=1S/C25H21ClN2O3S/c1-2-31-21(29)16-28-23-19(26)14-9-15-20(23)32-25(28)27-24(30)22(17-10-5-3-6-11-17)18-12-7-4-8-13-18/h3-15,22H,2,16H2,1H3. The molecule has 0 fully saturated rings. The van der Waals surface area contributed by atoms with Gasteiger partial charge in [-0.15, -0.1) is 0 Å². The molecule has 0 N–H and O–H groups in total. The van der Waals surface area contributed by atoms with Gasteiger partial charge in [-0.1, -0.05) is 89.7 Å². The van der Waals surface area contributed by atoms with E-state index in [0.717, 1.165) is 15.8 Å². The average Bonchev–Trinajstić information content (AvgIpc) is 3.13. The van der Waals surface area contributed by atoms with Crippen molar-refractivity contribution in [3.05, 3.63) is 99.8 Å². The van der Waals surface area contributed by atoms with Gasteiger partial charge in [-0.05, 0) is 30.2 Å². The van der Waals surface area contributed by atoms with Gasteiger partial charge >= 0.3 is 5.97 Å². The second kappa shape index (κ2) is 9.94. The van der Waals surface area contributed by atoms with E-state index in [0.29, 0.717) is 15.3 Å². The lowest BCUT2D eigenvalue weighted by Gasteiger charge is -2.14. The third-order valence-electron chi connectivity index (χ3n) is 4.96. The Kier molecular flexibility index (Phi) is 6.83. The highest BCUT2D eigenvalue weighted by Crippen LogP contribution is 2.28. The van der Waals surface area contributed by atoms with E-state index in [1.165, 1.54) is 11.3 Å². The van der Waals surface area contributed by atoms with E-state index in [9.17, 15) is 9.59 Å². The number of aromatic nitrogens is 1. The van der Waals surface area contributed by atoms with Crippen LogP contribution >= 0.6 is 22.9 Å². The monoisotopic (exact) mass is 464 g/mol. The summed E-state index contributed by atoms with van der Waals surface area (Å²) >= 11 is 7.75. The summed E-state index contributed by atoms with van der Waals surface area (Å²) < 4.78 is 7.62. The van der Waals surface area contributed by atoms with Gasteiger partial charge in [0.25, 0.3) is 5.91 Å². The lowest BCUT2D eigenvalue weighted by molar-refractivity contribution is -0.143. The molecule has 0 spiro atoms. The highest BCUT2D eigenvalue weighted by molar-refractivity contribution is 7.16. The number of amides is 1. The number of benzene rings is 3. The number of ether oxygens (including phenoxy) is 1. The van der Waals surface area contributed by atoms with E-state index >= 15 is 0 Å². The quantitative estimate of drug-likeness (QED) is 0.369. The Morgan fingerprint density at radius 3 is 2.19 bits per heavy atom. The van der Waals surface area contributed by atoms with Gasteiger partial charge in [-0.25, -0.2) is 0 Å². The van der Waals surface area contributed by atoms with Crippen molar-refractivity contribution in [3.63, 3.8) is 0 Å². The lowest BCUT2D eigenvalue weighted by atomic mass is 9.91. The number of carbonyl (C=O) groups excluding carboxylic acids is 2. The maximum absolute atomic E-state index is 13.5. The number of para-hydroxylation sites is 1. The second-order valence-corrected chi connectivity index (χ2v) is 8.48. The maximum Gasteiger partial charge on any atom is 0.326 e. The molecule has 0 bridgehead atoms. The molecule has 162 valence electrons. The molecule has 7 heteroatoms. The van der Waals surface area contributed by atoms with E-state index in [1.807, 2.05) is 72.8 Å². The van der Waals surface area contributed by atoms with Crippen molar-refractivity contribution in [1.29, 1.82) is 0 Å². The SMILES string of the molecule is CCOC(=O)Cn1c(=NC(=O)C(c2ccccc2)c2ccccc2)sc2cccc(Cl)c21. The zero-order chi connectivity index (χ0) is 22.5. The van der Waals surface area contributed by atoms with Crippen LogP contribution in [-0.2, 0) is 20.9 Å². The number of esters is 1. The number of carbonyl (C=O) groups is 2. The van der Waals surface area contributed by atoms with E-state index in [4.69, 9.17) is 16.3 Å². The summed E-state index contributed by atoms with van der Waals surface area (Å²) in [5.41, 5.74) is 2.36. The fourth-order valence-electron chi connectivity index (χ4n) is 3.58. The lowest BCUT2D eigenvalue weighted by Crippen LogP contribution is -2.24. The summed E-state index contributed by atoms with van der Waals surface area (Å²) in [5, 5.41) is 0.486. The zero-order valence-corrected chi connectivity index (χ0v) is 19.0. The predicted octanol–water partition coefficient (Wildman–Crippen LogP) is 5.18. The molecule has 1 amide bonds. The molecule has 3 aromatic carbocycles. The summed E-state index contributed by atoms with van der Waals surface area (Å²) in [7, 11) is 0. The highest BCUT2D eigenvalue weighted by Gasteiger charge is 2.23. The van der Waals surface area contributed by atoms with Gasteiger partial charge in [0.15, 0.2) is 4.80 Å². The highest BCUT2D eigenvalue weighted by atomic mass is 35.5. The van der Waals surface area contributed by atoms with Gasteiger partial charge < -0.3 is 9.30 Å². The molecule has 4 aromatic rings. The summed E-state index contributed by atoms with van der Waals surface area (Å²) in [4.78, 5) is 30.7. The van der Waals surface area contributed by atoms with Crippen LogP contribution in [0.3, 0.4) is 0 Å². The van der Waals surface area contributed by atoms with Crippen molar-refractivity contribution in [2.45, 2.75) is 19.4 Å². The van der Waals surface area contributed by atoms with Gasteiger partial charge in [0.1, 0.15) is 6.54 Å². The van der Waals surface area contributed by atoms with Crippen molar-refractivity contribution in [2.24, 2.45) is 4.99 Å². The number of nitrogens with zero attached hydrogens (tertiary/aromatic N) is 2. The van der Waals surface area contributed by atoms with Gasteiger partial charge in [0.2, 0.25) is 0 Å². The fraction of sp³-hybridized carbons (Fsp3) is 0.160. The molecule has 0 saturated heterocycles. The van der Waals surface area contributed by atoms with Gasteiger partial charge in [-0.2, -0.15) is 4.99 Å². The van der Waals surface area contributed by atoms with Crippen molar-refractivity contribution >= 4 is 45.0 Å². The normalized spacial score (nSPS) is 11.8. The Bertz CT molecular complexity index is 1270. The molecule has 0 aliphatic rings. The van der Waals surface area contributed by atoms with Crippen LogP contribution in [0.2, 0.25) is 5.02 Å². The Labute approximate surface area is 194 Å². The molecule has 0 saturated carbocycles. The van der Waals surface area contributed by atoms with E-state index < -0.39 is 11.9 Å². The molecule has 1 heterocycles. The molecule has 5 nitrogen and oxygen atoms in total. The molecule has 0 aliphatic heterocycles. The Morgan fingerprint density at radius 1 is 0.969 bits per heavy atom. The van der Waals surface area contributed by atoms with Crippen LogP contribution in [0.5, 0.6) is 0 Å². The summed E-state index contributed by atoms with van der Waals surface area (Å²) in [6.45, 7) is 1.94. The number of thiazole rings is 1. The van der Waals surface area contributed by atoms with Crippen LogP contribution in [0.25, 0.3) is 10.2 Å². The minimum atomic E-state index is -0.561. The number of halogens is 1. The van der Waals surface area contributed by atoms with Gasteiger partial charge in [0, 0.05) is 0 Å². The summed E-state index contributed by atoms with van der Waals surface area (Å²) in [6.07, 6.45) is 0. The second-order valence-electron chi connectivity index (χ2n) is 7.07. The van der Waals surface area contributed by atoms with Crippen LogP contribution in [0, 0.1) is 0 Å². The van der Waals surface area contributed by atoms with Crippen LogP contribution in [0.1, 0.15) is 24.0 Å². The van der Waals surface area contributed by atoms with Crippen LogP contribution in [-0.4, -0.2) is 23.1 Å². The van der Waals surface area contributed by atoms with Crippen LogP contribution < -0.4 is 4.80 Å². The molecule has 0 unspecified atom stereocenters. The first kappa shape index (κ1) is 22.0. The van der Waals surface area contributed by atoms with E-state index in [1.54, 1.807) is 17.6 Å². The third kappa shape index (κ3) is 4.66. The van der Waals surface area contributed by atoms with E-state index in [-0.39, 0.29) is 19.1 Å². The Morgan fingerprint density at radius 2 is 1.59 bits per heavy atom. The number of fused-ring (bicyclic) bond motifs is 1. The molecular formula is C25H21ClN2O3S. The summed E-state index contributed by atoms with van der Waals surface area (Å²) in [6, 6.07) is 24.6. The van der Waals surface area contributed by atoms with Gasteiger partial charge in [0.05, 0.1) is 27.8 Å². The smallest absolute Gasteiger partial charge is 0.326 e. The largest absolute Gasteiger partial charge is 0.465 e. The molecule has 0 atom stereocenters. The first-order valence-electron chi connectivity index (χ1n) is 10.2.